The number of rotatable bonds is 3. The Morgan fingerprint density at radius 2 is 2.10 bits per heavy atom. The van der Waals surface area contributed by atoms with E-state index in [0.29, 0.717) is 10.8 Å². The summed E-state index contributed by atoms with van der Waals surface area (Å²) in [6.07, 6.45) is 1.86. The number of nitrogens with zero attached hydrogens (tertiary/aromatic N) is 2. The van der Waals surface area contributed by atoms with Crippen molar-refractivity contribution in [3.05, 3.63) is 59.4 Å². The molecule has 0 aliphatic carbocycles. The molecule has 0 amide bonds. The number of hydrogen-bond donors (Lipinski definition) is 0. The van der Waals surface area contributed by atoms with Crippen LogP contribution in [0.4, 0.5) is 0 Å². The standard InChI is InChI=1S/C16H13ClN2O2/c1-19-10-18-14-9-12(6-7-15(14)19)21-16(20)8-11-4-2-3-5-13(11)17/h2-7,9-10H,8H2,1H3. The second-order valence-electron chi connectivity index (χ2n) is 4.75. The Morgan fingerprint density at radius 1 is 1.29 bits per heavy atom. The first-order chi connectivity index (χ1) is 10.1. The Hall–Kier alpha value is -2.33. The van der Waals surface area contributed by atoms with Crippen LogP contribution in [-0.4, -0.2) is 15.5 Å². The van der Waals surface area contributed by atoms with Crippen LogP contribution in [0.3, 0.4) is 0 Å². The topological polar surface area (TPSA) is 44.1 Å². The van der Waals surface area contributed by atoms with Gasteiger partial charge in [0.05, 0.1) is 23.8 Å². The van der Waals surface area contributed by atoms with Crippen molar-refractivity contribution in [3.8, 4) is 5.75 Å². The first kappa shape index (κ1) is 13.6. The average molecular weight is 301 g/mol. The summed E-state index contributed by atoms with van der Waals surface area (Å²) < 4.78 is 7.25. The fourth-order valence-electron chi connectivity index (χ4n) is 2.14. The molecule has 0 bridgehead atoms. The van der Waals surface area contributed by atoms with E-state index in [1.807, 2.05) is 35.9 Å². The molecule has 4 nitrogen and oxygen atoms in total. The first-order valence-corrected chi connectivity index (χ1v) is 6.86. The van der Waals surface area contributed by atoms with Crippen LogP contribution in [0, 0.1) is 0 Å². The highest BCUT2D eigenvalue weighted by Crippen LogP contribution is 2.21. The summed E-state index contributed by atoms with van der Waals surface area (Å²) in [5.74, 6) is 0.136. The average Bonchev–Trinajstić information content (AvgIpc) is 2.82. The van der Waals surface area contributed by atoms with E-state index < -0.39 is 0 Å². The summed E-state index contributed by atoms with van der Waals surface area (Å²) in [6, 6.07) is 12.6. The van der Waals surface area contributed by atoms with Gasteiger partial charge in [0.1, 0.15) is 5.75 Å². The Kier molecular flexibility index (Phi) is 3.62. The van der Waals surface area contributed by atoms with Crippen LogP contribution in [0.2, 0.25) is 5.02 Å². The van der Waals surface area contributed by atoms with E-state index in [0.717, 1.165) is 16.6 Å². The van der Waals surface area contributed by atoms with E-state index in [-0.39, 0.29) is 12.4 Å². The molecule has 21 heavy (non-hydrogen) atoms. The predicted octanol–water partition coefficient (Wildman–Crippen LogP) is 3.37. The van der Waals surface area contributed by atoms with Gasteiger partial charge >= 0.3 is 5.97 Å². The molecule has 0 aliphatic heterocycles. The maximum absolute atomic E-state index is 12.0. The van der Waals surface area contributed by atoms with Gasteiger partial charge in [-0.25, -0.2) is 4.98 Å². The molecule has 3 rings (SSSR count). The number of aromatic nitrogens is 2. The van der Waals surface area contributed by atoms with Crippen LogP contribution in [0.5, 0.6) is 5.75 Å². The van der Waals surface area contributed by atoms with E-state index in [1.54, 1.807) is 24.5 Å². The number of carbonyl (C=O) groups is 1. The fraction of sp³-hybridized carbons (Fsp3) is 0.125. The zero-order chi connectivity index (χ0) is 14.8. The number of esters is 1. The largest absolute Gasteiger partial charge is 0.426 e. The first-order valence-electron chi connectivity index (χ1n) is 6.48. The van der Waals surface area contributed by atoms with E-state index in [2.05, 4.69) is 4.98 Å². The van der Waals surface area contributed by atoms with Crippen molar-refractivity contribution in [1.82, 2.24) is 9.55 Å². The molecule has 0 spiro atoms. The number of carbonyl (C=O) groups excluding carboxylic acids is 1. The minimum atomic E-state index is -0.349. The molecule has 0 saturated heterocycles. The van der Waals surface area contributed by atoms with Gasteiger partial charge in [-0.05, 0) is 23.8 Å². The number of fused-ring (bicyclic) bond motifs is 1. The van der Waals surface area contributed by atoms with Crippen LogP contribution >= 0.6 is 11.6 Å². The molecule has 1 aromatic heterocycles. The minimum absolute atomic E-state index is 0.139. The molecule has 0 atom stereocenters. The van der Waals surface area contributed by atoms with E-state index in [4.69, 9.17) is 16.3 Å². The van der Waals surface area contributed by atoms with Crippen molar-refractivity contribution in [2.75, 3.05) is 0 Å². The van der Waals surface area contributed by atoms with Crippen LogP contribution < -0.4 is 4.74 Å². The summed E-state index contributed by atoms with van der Waals surface area (Å²) in [5, 5.41) is 0.564. The maximum atomic E-state index is 12.0. The van der Waals surface area contributed by atoms with Gasteiger partial charge in [0.2, 0.25) is 0 Å². The van der Waals surface area contributed by atoms with Crippen molar-refractivity contribution in [1.29, 1.82) is 0 Å². The summed E-state index contributed by atoms with van der Waals surface area (Å²) in [5.41, 5.74) is 2.53. The number of benzene rings is 2. The normalized spacial score (nSPS) is 10.8. The van der Waals surface area contributed by atoms with Gasteiger partial charge in [-0.2, -0.15) is 0 Å². The van der Waals surface area contributed by atoms with E-state index >= 15 is 0 Å². The van der Waals surface area contributed by atoms with E-state index in [1.165, 1.54) is 0 Å². The number of hydrogen-bond acceptors (Lipinski definition) is 3. The molecule has 106 valence electrons. The maximum Gasteiger partial charge on any atom is 0.315 e. The lowest BCUT2D eigenvalue weighted by Gasteiger charge is -2.06. The van der Waals surface area contributed by atoms with Gasteiger partial charge in [-0.1, -0.05) is 29.8 Å². The molecule has 0 saturated carbocycles. The summed E-state index contributed by atoms with van der Waals surface area (Å²) in [6.45, 7) is 0. The molecule has 5 heteroatoms. The van der Waals surface area contributed by atoms with Crippen LogP contribution in [0.25, 0.3) is 11.0 Å². The highest BCUT2D eigenvalue weighted by molar-refractivity contribution is 6.31. The molecule has 0 unspecified atom stereocenters. The summed E-state index contributed by atoms with van der Waals surface area (Å²) in [4.78, 5) is 16.2. The minimum Gasteiger partial charge on any atom is -0.426 e. The second kappa shape index (κ2) is 5.58. The zero-order valence-electron chi connectivity index (χ0n) is 11.4. The molecule has 0 aliphatic rings. The highest BCUT2D eigenvalue weighted by atomic mass is 35.5. The smallest absolute Gasteiger partial charge is 0.315 e. The second-order valence-corrected chi connectivity index (χ2v) is 5.16. The van der Waals surface area contributed by atoms with Gasteiger partial charge < -0.3 is 9.30 Å². The summed E-state index contributed by atoms with van der Waals surface area (Å²) >= 11 is 6.03. The van der Waals surface area contributed by atoms with Crippen molar-refractivity contribution >= 4 is 28.6 Å². The molecule has 0 N–H and O–H groups in total. The third-order valence-corrected chi connectivity index (χ3v) is 3.59. The predicted molar refractivity (Wildman–Crippen MR) is 81.5 cm³/mol. The highest BCUT2D eigenvalue weighted by Gasteiger charge is 2.10. The quantitative estimate of drug-likeness (QED) is 0.550. The number of aryl methyl sites for hydroxylation is 1. The molecule has 3 aromatic rings. The number of halogens is 1. The molecular formula is C16H13ClN2O2. The molecule has 0 fully saturated rings. The number of imidazole rings is 1. The van der Waals surface area contributed by atoms with Gasteiger partial charge in [-0.15, -0.1) is 0 Å². The van der Waals surface area contributed by atoms with E-state index in [9.17, 15) is 4.79 Å². The van der Waals surface area contributed by atoms with Gasteiger partial charge in [0.25, 0.3) is 0 Å². The lowest BCUT2D eigenvalue weighted by atomic mass is 10.1. The van der Waals surface area contributed by atoms with Crippen LogP contribution in [0.15, 0.2) is 48.8 Å². The Bertz CT molecular complexity index is 811. The molecule has 0 radical (unpaired) electrons. The SMILES string of the molecule is Cn1cnc2cc(OC(=O)Cc3ccccc3Cl)ccc21. The fourth-order valence-corrected chi connectivity index (χ4v) is 2.35. The van der Waals surface area contributed by atoms with Crippen LogP contribution in [0.1, 0.15) is 5.56 Å². The third-order valence-electron chi connectivity index (χ3n) is 3.22. The lowest BCUT2D eigenvalue weighted by molar-refractivity contribution is -0.133. The van der Waals surface area contributed by atoms with Crippen molar-refractivity contribution < 1.29 is 9.53 Å². The molecule has 2 aromatic carbocycles. The Labute approximate surface area is 126 Å². The lowest BCUT2D eigenvalue weighted by Crippen LogP contribution is -2.11. The monoisotopic (exact) mass is 300 g/mol. The van der Waals surface area contributed by atoms with Gasteiger partial charge in [0.15, 0.2) is 0 Å². The van der Waals surface area contributed by atoms with Crippen molar-refractivity contribution in [2.24, 2.45) is 7.05 Å². The third kappa shape index (κ3) is 2.90. The van der Waals surface area contributed by atoms with Gasteiger partial charge in [-0.3, -0.25) is 4.79 Å². The zero-order valence-corrected chi connectivity index (χ0v) is 12.2. The Balaban J connectivity index is 1.75. The molecule has 1 heterocycles. The Morgan fingerprint density at radius 3 is 2.90 bits per heavy atom. The molecular weight excluding hydrogens is 288 g/mol. The van der Waals surface area contributed by atoms with Gasteiger partial charge in [0, 0.05) is 18.1 Å². The van der Waals surface area contributed by atoms with Crippen LogP contribution in [-0.2, 0) is 18.3 Å². The number of ether oxygens (including phenoxy) is 1. The van der Waals surface area contributed by atoms with Crippen molar-refractivity contribution in [2.45, 2.75) is 6.42 Å². The summed E-state index contributed by atoms with van der Waals surface area (Å²) in [7, 11) is 1.92. The van der Waals surface area contributed by atoms with Crippen molar-refractivity contribution in [3.63, 3.8) is 0 Å².